The van der Waals surface area contributed by atoms with Gasteiger partial charge in [-0.3, -0.25) is 5.32 Å². The van der Waals surface area contributed by atoms with Gasteiger partial charge in [-0.05, 0) is 0 Å². The highest BCUT2D eigenvalue weighted by atomic mass is 16.5. The second-order valence-corrected chi connectivity index (χ2v) is 1.40. The van der Waals surface area contributed by atoms with E-state index >= 15 is 0 Å². The Hall–Kier alpha value is -1.72. The third-order valence-corrected chi connectivity index (χ3v) is 0.751. The molecule has 1 aromatic rings. The van der Waals surface area contributed by atoms with Gasteiger partial charge in [-0.2, -0.15) is 0 Å². The summed E-state index contributed by atoms with van der Waals surface area (Å²) >= 11 is 0. The molecule has 1 aromatic heterocycles. The molecule has 1 heterocycles. The Morgan fingerprint density at radius 1 is 1.80 bits per heavy atom. The minimum atomic E-state index is -1.00. The van der Waals surface area contributed by atoms with Crippen molar-refractivity contribution in [3.8, 4) is 0 Å². The van der Waals surface area contributed by atoms with Crippen LogP contribution in [0.1, 0.15) is 0 Å². The van der Waals surface area contributed by atoms with E-state index in [1.54, 1.807) is 0 Å². The number of amides is 2. The summed E-state index contributed by atoms with van der Waals surface area (Å²) < 4.78 is 4.43. The average molecular weight is 141 g/mol. The highest BCUT2D eigenvalue weighted by molar-refractivity contribution is 5.88. The predicted octanol–water partition coefficient (Wildman–Crippen LogP) is 0.973. The molecule has 52 valence electrons. The number of nitrogens with one attached hydrogen (secondary N) is 1. The number of hydrogen-bond donors (Lipinski definition) is 1. The molecule has 0 spiro atoms. The fourth-order valence-corrected chi connectivity index (χ4v) is 0.408. The third kappa shape index (κ3) is 1.38. The second-order valence-electron chi connectivity index (χ2n) is 1.40. The van der Waals surface area contributed by atoms with Crippen LogP contribution in [-0.2, 0) is 0 Å². The third-order valence-electron chi connectivity index (χ3n) is 0.751. The number of nitrogens with zero attached hydrogens (tertiary/aromatic N) is 2. The first-order valence-electron chi connectivity index (χ1n) is 2.38. The molecule has 0 saturated carbocycles. The van der Waals surface area contributed by atoms with Crippen molar-refractivity contribution in [2.75, 3.05) is 5.32 Å². The van der Waals surface area contributed by atoms with Gasteiger partial charge in [0.15, 0.2) is 0 Å². The summed E-state index contributed by atoms with van der Waals surface area (Å²) in [7, 11) is 0. The van der Waals surface area contributed by atoms with Crippen LogP contribution in [0.3, 0.4) is 0 Å². The molecule has 0 unspecified atom stereocenters. The van der Waals surface area contributed by atoms with Crippen molar-refractivity contribution in [1.29, 1.82) is 0 Å². The summed E-state index contributed by atoms with van der Waals surface area (Å²) in [5, 5.41) is 7.38. The summed E-state index contributed by atoms with van der Waals surface area (Å²) in [6.07, 6.45) is 1.33. The van der Waals surface area contributed by atoms with Crippen molar-refractivity contribution in [2.24, 2.45) is 5.18 Å². The highest BCUT2D eigenvalue weighted by Crippen LogP contribution is 2.02. The first-order valence-corrected chi connectivity index (χ1v) is 2.38. The van der Waals surface area contributed by atoms with E-state index in [9.17, 15) is 9.70 Å². The van der Waals surface area contributed by atoms with Crippen molar-refractivity contribution < 1.29 is 9.32 Å². The van der Waals surface area contributed by atoms with E-state index in [1.165, 1.54) is 12.3 Å². The SMILES string of the molecule is O=NC(=O)Nc1ccno1. The van der Waals surface area contributed by atoms with Gasteiger partial charge in [-0.15, -0.1) is 4.91 Å². The molecule has 0 fully saturated rings. The molecule has 6 nitrogen and oxygen atoms in total. The summed E-state index contributed by atoms with van der Waals surface area (Å²) in [5.74, 6) is 0.101. The van der Waals surface area contributed by atoms with Gasteiger partial charge < -0.3 is 4.52 Å². The standard InChI is InChI=1S/C4H3N3O3/c8-4(7-9)6-3-1-2-5-10-3/h1-2H,(H,6,8). The Morgan fingerprint density at radius 2 is 2.60 bits per heavy atom. The number of hydrogen-bond acceptors (Lipinski definition) is 4. The van der Waals surface area contributed by atoms with Gasteiger partial charge in [0.1, 0.15) is 0 Å². The lowest BCUT2D eigenvalue weighted by Gasteiger charge is -1.87. The summed E-state index contributed by atoms with van der Waals surface area (Å²) in [6.45, 7) is 0. The molecular formula is C4H3N3O3. The van der Waals surface area contributed by atoms with Gasteiger partial charge in [-0.25, -0.2) is 4.79 Å². The van der Waals surface area contributed by atoms with Gasteiger partial charge in [0.2, 0.25) is 5.88 Å². The maximum atomic E-state index is 10.2. The fraction of sp³-hybridized carbons (Fsp3) is 0. The zero-order valence-corrected chi connectivity index (χ0v) is 4.77. The van der Waals surface area contributed by atoms with Gasteiger partial charge in [0.05, 0.1) is 6.20 Å². The van der Waals surface area contributed by atoms with E-state index in [4.69, 9.17) is 0 Å². The first-order chi connectivity index (χ1) is 4.83. The maximum absolute atomic E-state index is 10.2. The zero-order valence-electron chi connectivity index (χ0n) is 4.77. The van der Waals surface area contributed by atoms with Crippen molar-refractivity contribution in [1.82, 2.24) is 5.16 Å². The van der Waals surface area contributed by atoms with Crippen LogP contribution in [-0.4, -0.2) is 11.2 Å². The molecular weight excluding hydrogens is 138 g/mol. The van der Waals surface area contributed by atoms with Crippen molar-refractivity contribution in [3.05, 3.63) is 17.2 Å². The molecule has 10 heavy (non-hydrogen) atoms. The second kappa shape index (κ2) is 2.72. The number of nitroso groups, excluding NO2 is 1. The molecule has 0 aliphatic heterocycles. The van der Waals surface area contributed by atoms with Gasteiger partial charge in [0, 0.05) is 11.2 Å². The van der Waals surface area contributed by atoms with E-state index in [-0.39, 0.29) is 5.88 Å². The molecule has 0 aromatic carbocycles. The number of carbonyl (C=O) groups is 1. The minimum Gasteiger partial charge on any atom is -0.338 e. The molecule has 1 rings (SSSR count). The quantitative estimate of drug-likeness (QED) is 0.590. The Kier molecular flexibility index (Phi) is 1.74. The van der Waals surface area contributed by atoms with Crippen LogP contribution in [0, 0.1) is 4.91 Å². The van der Waals surface area contributed by atoms with E-state index in [2.05, 4.69) is 14.9 Å². The lowest BCUT2D eigenvalue weighted by Crippen LogP contribution is -2.03. The van der Waals surface area contributed by atoms with Crippen LogP contribution < -0.4 is 5.32 Å². The van der Waals surface area contributed by atoms with Crippen molar-refractivity contribution in [3.63, 3.8) is 0 Å². The molecule has 0 saturated heterocycles. The molecule has 0 bridgehead atoms. The number of urea groups is 1. The van der Waals surface area contributed by atoms with Crippen LogP contribution in [0.5, 0.6) is 0 Å². The smallest absolute Gasteiger partial charge is 0.338 e. The summed E-state index contributed by atoms with van der Waals surface area (Å²) in [6, 6.07) is 0.389. The molecule has 6 heteroatoms. The molecule has 0 aliphatic carbocycles. The number of anilines is 1. The van der Waals surface area contributed by atoms with Crippen LogP contribution in [0.25, 0.3) is 0 Å². The monoisotopic (exact) mass is 141 g/mol. The normalized spacial score (nSPS) is 8.80. The zero-order chi connectivity index (χ0) is 7.40. The number of aromatic nitrogens is 1. The topological polar surface area (TPSA) is 84.6 Å². The summed E-state index contributed by atoms with van der Waals surface area (Å²) in [4.78, 5) is 19.7. The first kappa shape index (κ1) is 6.40. The number of rotatable bonds is 1. The van der Waals surface area contributed by atoms with E-state index in [1.807, 2.05) is 5.32 Å². The molecule has 0 aliphatic rings. The van der Waals surface area contributed by atoms with Gasteiger partial charge in [0.25, 0.3) is 0 Å². The Labute approximate surface area is 55.2 Å². The van der Waals surface area contributed by atoms with Crippen LogP contribution in [0.4, 0.5) is 10.7 Å². The van der Waals surface area contributed by atoms with Crippen LogP contribution >= 0.6 is 0 Å². The largest absolute Gasteiger partial charge is 0.385 e. The number of carbonyl (C=O) groups excluding carboxylic acids is 1. The van der Waals surface area contributed by atoms with Crippen LogP contribution in [0.2, 0.25) is 0 Å². The van der Waals surface area contributed by atoms with Crippen molar-refractivity contribution in [2.45, 2.75) is 0 Å². The lowest BCUT2D eigenvalue weighted by atomic mass is 10.6. The fourth-order valence-electron chi connectivity index (χ4n) is 0.408. The van der Waals surface area contributed by atoms with Gasteiger partial charge >= 0.3 is 6.03 Å². The predicted molar refractivity (Wildman–Crippen MR) is 31.3 cm³/mol. The Bertz CT molecular complexity index is 230. The maximum Gasteiger partial charge on any atom is 0.385 e. The lowest BCUT2D eigenvalue weighted by molar-refractivity contribution is 0.258. The minimum absolute atomic E-state index is 0.101. The molecule has 1 N–H and O–H groups in total. The average Bonchev–Trinajstić information content (AvgIpc) is 2.40. The van der Waals surface area contributed by atoms with Crippen LogP contribution in [0.15, 0.2) is 22.0 Å². The van der Waals surface area contributed by atoms with E-state index < -0.39 is 6.03 Å². The molecule has 0 atom stereocenters. The molecule has 0 radical (unpaired) electrons. The molecule has 2 amide bonds. The highest BCUT2D eigenvalue weighted by Gasteiger charge is 2.01. The van der Waals surface area contributed by atoms with Crippen molar-refractivity contribution >= 4 is 11.9 Å². The Balaban J connectivity index is 2.56. The summed E-state index contributed by atoms with van der Waals surface area (Å²) in [5.41, 5.74) is 0. The van der Waals surface area contributed by atoms with E-state index in [0.717, 1.165) is 0 Å². The van der Waals surface area contributed by atoms with Gasteiger partial charge in [-0.1, -0.05) is 5.16 Å². The van der Waals surface area contributed by atoms with E-state index in [0.29, 0.717) is 0 Å². The Morgan fingerprint density at radius 3 is 3.10 bits per heavy atom.